The van der Waals surface area contributed by atoms with Crippen molar-refractivity contribution in [2.24, 2.45) is 5.73 Å². The summed E-state index contributed by atoms with van der Waals surface area (Å²) in [6.45, 7) is 6.83. The predicted molar refractivity (Wildman–Crippen MR) is 84.2 cm³/mol. The van der Waals surface area contributed by atoms with Crippen LogP contribution in [0, 0.1) is 13.8 Å². The molecule has 1 atom stereocenters. The van der Waals surface area contributed by atoms with Crippen molar-refractivity contribution in [1.29, 1.82) is 0 Å². The maximum Gasteiger partial charge on any atom is 0.124 e. The number of hydrogen-bond acceptors (Lipinski definition) is 2. The molecule has 2 N–H and O–H groups in total. The number of aryl methyl sites for hydroxylation is 2. The molecule has 2 aromatic rings. The summed E-state index contributed by atoms with van der Waals surface area (Å²) in [6.07, 6.45) is 0.823. The first-order valence-corrected chi connectivity index (χ1v) is 7.14. The van der Waals surface area contributed by atoms with Crippen LogP contribution >= 0.6 is 0 Å². The highest BCUT2D eigenvalue weighted by Crippen LogP contribution is 2.27. The molecule has 0 amide bonds. The van der Waals surface area contributed by atoms with E-state index in [-0.39, 0.29) is 6.04 Å². The van der Waals surface area contributed by atoms with Crippen molar-refractivity contribution in [3.05, 3.63) is 64.7 Å². The minimum absolute atomic E-state index is 0.0424. The van der Waals surface area contributed by atoms with Gasteiger partial charge in [-0.15, -0.1) is 0 Å². The quantitative estimate of drug-likeness (QED) is 0.892. The molecule has 2 aromatic carbocycles. The Morgan fingerprint density at radius 3 is 2.30 bits per heavy atom. The first-order valence-electron chi connectivity index (χ1n) is 7.14. The van der Waals surface area contributed by atoms with E-state index in [0.29, 0.717) is 6.61 Å². The third-order valence-electron chi connectivity index (χ3n) is 3.44. The number of ether oxygens (including phenoxy) is 1. The van der Waals surface area contributed by atoms with Crippen LogP contribution in [-0.2, 0) is 6.42 Å². The second-order valence-corrected chi connectivity index (χ2v) is 5.27. The van der Waals surface area contributed by atoms with Crippen LogP contribution in [0.4, 0.5) is 0 Å². The van der Waals surface area contributed by atoms with Gasteiger partial charge in [0.15, 0.2) is 0 Å². The monoisotopic (exact) mass is 269 g/mol. The van der Waals surface area contributed by atoms with Gasteiger partial charge in [-0.1, -0.05) is 47.5 Å². The molecule has 2 heteroatoms. The van der Waals surface area contributed by atoms with Gasteiger partial charge in [0.05, 0.1) is 6.61 Å². The van der Waals surface area contributed by atoms with E-state index in [1.54, 1.807) is 0 Å². The molecule has 106 valence electrons. The minimum atomic E-state index is -0.0424. The molecule has 0 saturated heterocycles. The number of rotatable bonds is 5. The van der Waals surface area contributed by atoms with Crippen molar-refractivity contribution in [3.8, 4) is 5.75 Å². The molecule has 1 unspecified atom stereocenters. The lowest BCUT2D eigenvalue weighted by molar-refractivity contribution is 0.334. The summed E-state index contributed by atoms with van der Waals surface area (Å²) in [5, 5.41) is 0. The second-order valence-electron chi connectivity index (χ2n) is 5.27. The molecule has 0 saturated carbocycles. The third kappa shape index (κ3) is 3.61. The van der Waals surface area contributed by atoms with E-state index in [1.165, 1.54) is 16.7 Å². The molecule has 0 bridgehead atoms. The lowest BCUT2D eigenvalue weighted by atomic mass is 9.97. The summed E-state index contributed by atoms with van der Waals surface area (Å²) in [7, 11) is 0. The maximum absolute atomic E-state index is 6.39. The van der Waals surface area contributed by atoms with Crippen LogP contribution in [0.3, 0.4) is 0 Å². The third-order valence-corrected chi connectivity index (χ3v) is 3.44. The Kier molecular flexibility index (Phi) is 4.80. The zero-order valence-corrected chi connectivity index (χ0v) is 12.5. The largest absolute Gasteiger partial charge is 0.494 e. The second kappa shape index (κ2) is 6.58. The first kappa shape index (κ1) is 14.6. The van der Waals surface area contributed by atoms with Gasteiger partial charge in [-0.2, -0.15) is 0 Å². The Morgan fingerprint density at radius 2 is 1.65 bits per heavy atom. The molecule has 2 nitrogen and oxygen atoms in total. The number of nitrogens with two attached hydrogens (primary N) is 1. The van der Waals surface area contributed by atoms with E-state index in [4.69, 9.17) is 10.5 Å². The van der Waals surface area contributed by atoms with Gasteiger partial charge in [0.2, 0.25) is 0 Å². The molecule has 0 fully saturated rings. The predicted octanol–water partition coefficient (Wildman–Crippen LogP) is 3.94. The van der Waals surface area contributed by atoms with Crippen molar-refractivity contribution in [3.63, 3.8) is 0 Å². The van der Waals surface area contributed by atoms with Gasteiger partial charge in [0, 0.05) is 11.6 Å². The summed E-state index contributed by atoms with van der Waals surface area (Å²) < 4.78 is 5.69. The lowest BCUT2D eigenvalue weighted by Gasteiger charge is -2.17. The lowest BCUT2D eigenvalue weighted by Crippen LogP contribution is -2.15. The van der Waals surface area contributed by atoms with Crippen molar-refractivity contribution in [2.75, 3.05) is 6.61 Å². The van der Waals surface area contributed by atoms with Crippen LogP contribution in [0.25, 0.3) is 0 Å². The van der Waals surface area contributed by atoms with E-state index in [0.717, 1.165) is 17.7 Å². The van der Waals surface area contributed by atoms with Crippen LogP contribution < -0.4 is 10.5 Å². The average Bonchev–Trinajstić information content (AvgIpc) is 2.43. The smallest absolute Gasteiger partial charge is 0.124 e. The van der Waals surface area contributed by atoms with Crippen LogP contribution in [0.5, 0.6) is 5.75 Å². The Morgan fingerprint density at radius 1 is 1.00 bits per heavy atom. The normalized spacial score (nSPS) is 12.2. The minimum Gasteiger partial charge on any atom is -0.494 e. The topological polar surface area (TPSA) is 35.2 Å². The van der Waals surface area contributed by atoms with Gasteiger partial charge < -0.3 is 10.5 Å². The van der Waals surface area contributed by atoms with Gasteiger partial charge in [-0.3, -0.25) is 0 Å². The maximum atomic E-state index is 6.39. The molecule has 0 heterocycles. The van der Waals surface area contributed by atoms with E-state index in [9.17, 15) is 0 Å². The standard InChI is InChI=1S/C18H23NO/c1-4-20-18-10-7-14(3)11-16(18)17(19)12-15-8-5-13(2)6-9-15/h5-11,17H,4,12,19H2,1-3H3. The van der Waals surface area contributed by atoms with E-state index >= 15 is 0 Å². The molecular weight excluding hydrogens is 246 g/mol. The fraction of sp³-hybridized carbons (Fsp3) is 0.333. The van der Waals surface area contributed by atoms with E-state index < -0.39 is 0 Å². The fourth-order valence-corrected chi connectivity index (χ4v) is 2.33. The average molecular weight is 269 g/mol. The molecule has 20 heavy (non-hydrogen) atoms. The Labute approximate surface area is 121 Å². The Bertz CT molecular complexity index is 560. The first-order chi connectivity index (χ1) is 9.60. The van der Waals surface area contributed by atoms with Gasteiger partial charge in [-0.25, -0.2) is 0 Å². The summed E-state index contributed by atoms with van der Waals surface area (Å²) in [5.41, 5.74) is 11.2. The van der Waals surface area contributed by atoms with E-state index in [1.807, 2.05) is 13.0 Å². The summed E-state index contributed by atoms with van der Waals surface area (Å²) in [6, 6.07) is 14.7. The molecule has 0 aliphatic carbocycles. The molecular formula is C18H23NO. The zero-order valence-electron chi connectivity index (χ0n) is 12.5. The summed E-state index contributed by atoms with van der Waals surface area (Å²) in [5.74, 6) is 0.901. The molecule has 0 aromatic heterocycles. The molecule has 0 radical (unpaired) electrons. The SMILES string of the molecule is CCOc1ccc(C)cc1C(N)Cc1ccc(C)cc1. The van der Waals surface area contributed by atoms with Gasteiger partial charge in [-0.05, 0) is 38.8 Å². The van der Waals surface area contributed by atoms with Crippen molar-refractivity contribution >= 4 is 0 Å². The molecule has 0 aliphatic heterocycles. The van der Waals surface area contributed by atoms with Crippen molar-refractivity contribution in [2.45, 2.75) is 33.2 Å². The molecule has 2 rings (SSSR count). The van der Waals surface area contributed by atoms with Crippen molar-refractivity contribution < 1.29 is 4.74 Å². The van der Waals surface area contributed by atoms with Gasteiger partial charge >= 0.3 is 0 Å². The van der Waals surface area contributed by atoms with Gasteiger partial charge in [0.25, 0.3) is 0 Å². The number of benzene rings is 2. The highest BCUT2D eigenvalue weighted by molar-refractivity contribution is 5.40. The zero-order chi connectivity index (χ0) is 14.5. The highest BCUT2D eigenvalue weighted by atomic mass is 16.5. The van der Waals surface area contributed by atoms with Gasteiger partial charge in [0.1, 0.15) is 5.75 Å². The Balaban J connectivity index is 2.21. The fourth-order valence-electron chi connectivity index (χ4n) is 2.33. The van der Waals surface area contributed by atoms with Crippen LogP contribution in [-0.4, -0.2) is 6.61 Å². The van der Waals surface area contributed by atoms with Crippen molar-refractivity contribution in [1.82, 2.24) is 0 Å². The van der Waals surface area contributed by atoms with Crippen LogP contribution in [0.1, 0.15) is 35.2 Å². The molecule has 0 aliphatic rings. The van der Waals surface area contributed by atoms with Crippen LogP contribution in [0.2, 0.25) is 0 Å². The van der Waals surface area contributed by atoms with E-state index in [2.05, 4.69) is 50.2 Å². The summed E-state index contributed by atoms with van der Waals surface area (Å²) >= 11 is 0. The summed E-state index contributed by atoms with van der Waals surface area (Å²) in [4.78, 5) is 0. The number of hydrogen-bond donors (Lipinski definition) is 1. The highest BCUT2D eigenvalue weighted by Gasteiger charge is 2.13. The molecule has 0 spiro atoms. The Hall–Kier alpha value is -1.80. The van der Waals surface area contributed by atoms with Crippen LogP contribution in [0.15, 0.2) is 42.5 Å².